The Labute approximate surface area is 119 Å². The number of hydrogen-bond acceptors (Lipinski definition) is 3. The third kappa shape index (κ3) is 3.36. The lowest BCUT2D eigenvalue weighted by atomic mass is 10.1. The average Bonchev–Trinajstić information content (AvgIpc) is 2.46. The Hall–Kier alpha value is -0.880. The maximum absolute atomic E-state index is 12.7. The standard InChI is InChI=1S/C13H17ClN2O2S/c14-7-6-13(12-4-2-1-3-5-12)19(17,18)16-10-8-15-9-11-16/h1-7,13,15H,8-11H2. The Balaban J connectivity index is 2.33. The summed E-state index contributed by atoms with van der Waals surface area (Å²) >= 11 is 5.62. The monoisotopic (exact) mass is 300 g/mol. The van der Waals surface area contributed by atoms with Crippen LogP contribution in [-0.4, -0.2) is 38.9 Å². The summed E-state index contributed by atoms with van der Waals surface area (Å²) in [5.41, 5.74) is 2.01. The molecule has 0 aliphatic carbocycles. The minimum absolute atomic E-state index is 0.502. The molecule has 19 heavy (non-hydrogen) atoms. The Bertz CT molecular complexity index is 525. The van der Waals surface area contributed by atoms with Crippen LogP contribution >= 0.6 is 11.6 Å². The summed E-state index contributed by atoms with van der Waals surface area (Å²) in [5, 5.41) is 2.43. The van der Waals surface area contributed by atoms with Gasteiger partial charge < -0.3 is 5.32 Å². The lowest BCUT2D eigenvalue weighted by Crippen LogP contribution is -2.47. The quantitative estimate of drug-likeness (QED) is 0.921. The highest BCUT2D eigenvalue weighted by Crippen LogP contribution is 2.27. The fraction of sp³-hybridized carbons (Fsp3) is 0.385. The smallest absolute Gasteiger partial charge is 0.224 e. The molecule has 1 aliphatic rings. The van der Waals surface area contributed by atoms with Gasteiger partial charge in [0.05, 0.1) is 0 Å². The van der Waals surface area contributed by atoms with Crippen molar-refractivity contribution in [2.24, 2.45) is 0 Å². The van der Waals surface area contributed by atoms with Crippen molar-refractivity contribution in [3.63, 3.8) is 0 Å². The molecule has 1 unspecified atom stereocenters. The van der Waals surface area contributed by atoms with Gasteiger partial charge in [-0.2, -0.15) is 4.31 Å². The molecule has 1 aromatic carbocycles. The third-order valence-corrected chi connectivity index (χ3v) is 5.43. The lowest BCUT2D eigenvalue weighted by Gasteiger charge is -2.29. The van der Waals surface area contributed by atoms with Crippen LogP contribution in [0.1, 0.15) is 10.8 Å². The molecular formula is C13H17ClN2O2S. The molecule has 1 N–H and O–H groups in total. The summed E-state index contributed by atoms with van der Waals surface area (Å²) < 4.78 is 26.9. The summed E-state index contributed by atoms with van der Waals surface area (Å²) in [5.74, 6) is 0. The molecule has 1 atom stereocenters. The predicted octanol–water partition coefficient (Wildman–Crippen LogP) is 1.72. The molecule has 104 valence electrons. The summed E-state index contributed by atoms with van der Waals surface area (Å²) in [7, 11) is -3.42. The second-order valence-electron chi connectivity index (χ2n) is 4.34. The maximum atomic E-state index is 12.7. The molecule has 1 fully saturated rings. The fourth-order valence-corrected chi connectivity index (χ4v) is 4.17. The molecule has 0 spiro atoms. The van der Waals surface area contributed by atoms with Crippen molar-refractivity contribution in [3.8, 4) is 0 Å². The second kappa shape index (κ2) is 6.52. The highest BCUT2D eigenvalue weighted by Gasteiger charge is 2.32. The van der Waals surface area contributed by atoms with E-state index >= 15 is 0 Å². The molecule has 0 bridgehead atoms. The molecule has 2 rings (SSSR count). The normalized spacial score (nSPS) is 19.6. The van der Waals surface area contributed by atoms with Crippen LogP contribution in [0.4, 0.5) is 0 Å². The van der Waals surface area contributed by atoms with Gasteiger partial charge in [0.25, 0.3) is 0 Å². The number of rotatable bonds is 4. The first-order chi connectivity index (χ1) is 9.16. The maximum Gasteiger partial charge on any atom is 0.224 e. The number of halogens is 1. The molecule has 1 saturated heterocycles. The fourth-order valence-electron chi connectivity index (χ4n) is 2.15. The molecule has 1 heterocycles. The zero-order valence-electron chi connectivity index (χ0n) is 10.5. The first-order valence-corrected chi connectivity index (χ1v) is 8.12. The van der Waals surface area contributed by atoms with E-state index in [-0.39, 0.29) is 0 Å². The van der Waals surface area contributed by atoms with Crippen molar-refractivity contribution < 1.29 is 8.42 Å². The largest absolute Gasteiger partial charge is 0.314 e. The second-order valence-corrected chi connectivity index (χ2v) is 6.65. The number of nitrogens with one attached hydrogen (secondary N) is 1. The minimum atomic E-state index is -3.42. The van der Waals surface area contributed by atoms with E-state index in [1.54, 1.807) is 12.1 Å². The van der Waals surface area contributed by atoms with Gasteiger partial charge in [0.15, 0.2) is 0 Å². The van der Waals surface area contributed by atoms with Gasteiger partial charge in [0.2, 0.25) is 10.0 Å². The SMILES string of the molecule is O=S(=O)(C(C=CCl)c1ccccc1)N1CCNCC1. The van der Waals surface area contributed by atoms with Crippen LogP contribution in [0.2, 0.25) is 0 Å². The Kier molecular flexibility index (Phi) is 4.99. The number of piperazine rings is 1. The summed E-state index contributed by atoms with van der Waals surface area (Å²) in [6.07, 6.45) is 1.52. The van der Waals surface area contributed by atoms with Crippen LogP contribution in [-0.2, 0) is 10.0 Å². The van der Waals surface area contributed by atoms with Gasteiger partial charge in [-0.15, -0.1) is 0 Å². The molecule has 0 radical (unpaired) electrons. The van der Waals surface area contributed by atoms with Gasteiger partial charge in [0, 0.05) is 31.7 Å². The molecule has 0 aromatic heterocycles. The zero-order chi connectivity index (χ0) is 13.7. The number of nitrogens with zero attached hydrogens (tertiary/aromatic N) is 1. The zero-order valence-corrected chi connectivity index (χ0v) is 12.1. The van der Waals surface area contributed by atoms with Crippen LogP contribution in [0.3, 0.4) is 0 Å². The van der Waals surface area contributed by atoms with E-state index in [0.29, 0.717) is 26.2 Å². The number of benzene rings is 1. The van der Waals surface area contributed by atoms with Crippen molar-refractivity contribution >= 4 is 21.6 Å². The predicted molar refractivity (Wildman–Crippen MR) is 77.5 cm³/mol. The molecule has 6 heteroatoms. The van der Waals surface area contributed by atoms with E-state index in [2.05, 4.69) is 5.32 Å². The van der Waals surface area contributed by atoms with Crippen molar-refractivity contribution in [2.45, 2.75) is 5.25 Å². The Morgan fingerprint density at radius 2 is 1.84 bits per heavy atom. The Morgan fingerprint density at radius 1 is 1.21 bits per heavy atom. The van der Waals surface area contributed by atoms with Crippen molar-refractivity contribution in [1.29, 1.82) is 0 Å². The van der Waals surface area contributed by atoms with Gasteiger partial charge in [-0.1, -0.05) is 41.9 Å². The van der Waals surface area contributed by atoms with E-state index in [0.717, 1.165) is 5.56 Å². The molecule has 0 saturated carbocycles. The molecular weight excluding hydrogens is 284 g/mol. The van der Waals surface area contributed by atoms with Crippen molar-refractivity contribution in [2.75, 3.05) is 26.2 Å². The van der Waals surface area contributed by atoms with Gasteiger partial charge in [0.1, 0.15) is 5.25 Å². The van der Waals surface area contributed by atoms with Crippen molar-refractivity contribution in [1.82, 2.24) is 9.62 Å². The van der Waals surface area contributed by atoms with Gasteiger partial charge in [-0.25, -0.2) is 8.42 Å². The number of hydrogen-bond donors (Lipinski definition) is 1. The lowest BCUT2D eigenvalue weighted by molar-refractivity contribution is 0.358. The first-order valence-electron chi connectivity index (χ1n) is 6.18. The highest BCUT2D eigenvalue weighted by molar-refractivity contribution is 7.89. The Morgan fingerprint density at radius 3 is 2.42 bits per heavy atom. The van der Waals surface area contributed by atoms with Crippen LogP contribution in [0.5, 0.6) is 0 Å². The summed E-state index contributed by atoms with van der Waals surface area (Å²) in [4.78, 5) is 0. The van der Waals surface area contributed by atoms with Crippen molar-refractivity contribution in [3.05, 3.63) is 47.5 Å². The van der Waals surface area contributed by atoms with E-state index in [4.69, 9.17) is 11.6 Å². The molecule has 0 amide bonds. The summed E-state index contributed by atoms with van der Waals surface area (Å²) in [6, 6.07) is 9.14. The molecule has 4 nitrogen and oxygen atoms in total. The highest BCUT2D eigenvalue weighted by atomic mass is 35.5. The third-order valence-electron chi connectivity index (χ3n) is 3.13. The number of sulfonamides is 1. The average molecular weight is 301 g/mol. The molecule has 1 aliphatic heterocycles. The van der Waals surface area contributed by atoms with Crippen LogP contribution in [0.15, 0.2) is 41.9 Å². The van der Waals surface area contributed by atoms with E-state index in [1.807, 2.05) is 18.2 Å². The van der Waals surface area contributed by atoms with Crippen LogP contribution < -0.4 is 5.32 Å². The van der Waals surface area contributed by atoms with Gasteiger partial charge in [-0.05, 0) is 11.6 Å². The minimum Gasteiger partial charge on any atom is -0.314 e. The summed E-state index contributed by atoms with van der Waals surface area (Å²) in [6.45, 7) is 2.38. The van der Waals surface area contributed by atoms with E-state index in [9.17, 15) is 8.42 Å². The molecule has 1 aromatic rings. The van der Waals surface area contributed by atoms with Crippen LogP contribution in [0.25, 0.3) is 0 Å². The van der Waals surface area contributed by atoms with Crippen LogP contribution in [0, 0.1) is 0 Å². The topological polar surface area (TPSA) is 49.4 Å². The van der Waals surface area contributed by atoms with Gasteiger partial charge in [-0.3, -0.25) is 0 Å². The van der Waals surface area contributed by atoms with Gasteiger partial charge >= 0.3 is 0 Å². The van der Waals surface area contributed by atoms with E-state index in [1.165, 1.54) is 15.9 Å². The van der Waals surface area contributed by atoms with E-state index < -0.39 is 15.3 Å². The first kappa shape index (κ1) is 14.5.